The van der Waals surface area contributed by atoms with Gasteiger partial charge in [0.15, 0.2) is 0 Å². The van der Waals surface area contributed by atoms with Crippen LogP contribution in [0.3, 0.4) is 0 Å². The first-order valence-corrected chi connectivity index (χ1v) is 10.6. The lowest BCUT2D eigenvalue weighted by atomic mass is 9.87. The van der Waals surface area contributed by atoms with Crippen LogP contribution in [-0.2, 0) is 6.54 Å². The molecule has 0 bridgehead atoms. The molecule has 0 amide bonds. The van der Waals surface area contributed by atoms with Crippen molar-refractivity contribution in [1.29, 1.82) is 10.5 Å². The van der Waals surface area contributed by atoms with E-state index in [1.165, 1.54) is 0 Å². The standard InChI is InChI=1S/C21H18ClN5S/c22-17-3-1-2-14(8-17)13-25-20-21(4-6-28-7-5-21)27-19-10-16(12-24)15(11-23)9-18(19)26-20/h1-3,8-10,27H,4-7,13H2,(H,25,26). The van der Waals surface area contributed by atoms with Gasteiger partial charge in [-0.15, -0.1) is 0 Å². The minimum Gasteiger partial charge on any atom is -0.371 e. The first-order chi connectivity index (χ1) is 13.6. The molecular weight excluding hydrogens is 390 g/mol. The van der Waals surface area contributed by atoms with Crippen molar-refractivity contribution in [3.05, 3.63) is 58.1 Å². The molecule has 4 rings (SSSR count). The van der Waals surface area contributed by atoms with Gasteiger partial charge in [-0.1, -0.05) is 23.7 Å². The van der Waals surface area contributed by atoms with E-state index in [0.29, 0.717) is 22.7 Å². The average molecular weight is 408 g/mol. The molecule has 2 aliphatic rings. The highest BCUT2D eigenvalue weighted by atomic mass is 35.5. The molecule has 2 aromatic rings. The number of nitrogens with zero attached hydrogens (tertiary/aromatic N) is 3. The Morgan fingerprint density at radius 1 is 1.07 bits per heavy atom. The monoisotopic (exact) mass is 407 g/mol. The van der Waals surface area contributed by atoms with Crippen molar-refractivity contribution in [2.75, 3.05) is 22.1 Å². The number of hydrogen-bond donors (Lipinski definition) is 2. The maximum Gasteiger partial charge on any atom is 0.127 e. The van der Waals surface area contributed by atoms with Gasteiger partial charge in [-0.25, -0.2) is 0 Å². The van der Waals surface area contributed by atoms with Crippen LogP contribution in [0.15, 0.2) is 41.4 Å². The maximum absolute atomic E-state index is 9.35. The first-order valence-electron chi connectivity index (χ1n) is 9.04. The summed E-state index contributed by atoms with van der Waals surface area (Å²) < 4.78 is 0. The van der Waals surface area contributed by atoms with Crippen LogP contribution in [0.4, 0.5) is 11.4 Å². The van der Waals surface area contributed by atoms with E-state index in [9.17, 15) is 10.5 Å². The number of aliphatic imine (C=N–C) groups is 1. The third-order valence-electron chi connectivity index (χ3n) is 5.13. The second-order valence-corrected chi connectivity index (χ2v) is 8.57. The second kappa shape index (κ2) is 7.75. The van der Waals surface area contributed by atoms with Crippen molar-refractivity contribution in [2.45, 2.75) is 24.9 Å². The van der Waals surface area contributed by atoms with Crippen molar-refractivity contribution < 1.29 is 0 Å². The molecule has 1 saturated heterocycles. The van der Waals surface area contributed by atoms with Crippen LogP contribution in [0.1, 0.15) is 29.5 Å². The van der Waals surface area contributed by atoms with Crippen LogP contribution in [0.5, 0.6) is 0 Å². The lowest BCUT2D eigenvalue weighted by Gasteiger charge is -2.44. The predicted octanol–water partition coefficient (Wildman–Crippen LogP) is 4.79. The maximum atomic E-state index is 9.35. The fraction of sp³-hybridized carbons (Fsp3) is 0.286. The Labute approximate surface area is 173 Å². The highest BCUT2D eigenvalue weighted by Crippen LogP contribution is 2.40. The molecule has 0 radical (unpaired) electrons. The molecule has 2 heterocycles. The lowest BCUT2D eigenvalue weighted by Crippen LogP contribution is -2.54. The van der Waals surface area contributed by atoms with Crippen LogP contribution in [0.25, 0.3) is 0 Å². The second-order valence-electron chi connectivity index (χ2n) is 6.91. The molecule has 0 aromatic heterocycles. The van der Waals surface area contributed by atoms with Gasteiger partial charge in [-0.2, -0.15) is 22.3 Å². The fourth-order valence-corrected chi connectivity index (χ4v) is 5.04. The molecule has 1 spiro atoms. The van der Waals surface area contributed by atoms with Gasteiger partial charge in [0, 0.05) is 5.02 Å². The SMILES string of the molecule is N#Cc1cc2c(cc1C#N)NC1(CCSCC1)C(=NCc1cccc(Cl)c1)N2. The number of hydrogen-bond acceptors (Lipinski definition) is 5. The first kappa shape index (κ1) is 18.7. The minimum atomic E-state index is -0.280. The highest BCUT2D eigenvalue weighted by molar-refractivity contribution is 7.99. The normalized spacial score (nSPS) is 18.5. The van der Waals surface area contributed by atoms with E-state index >= 15 is 0 Å². The Morgan fingerprint density at radius 3 is 2.46 bits per heavy atom. The molecule has 7 heteroatoms. The third-order valence-corrected chi connectivity index (χ3v) is 6.35. The number of amidine groups is 1. The summed E-state index contributed by atoms with van der Waals surface area (Å²) in [5, 5.41) is 26.5. The summed E-state index contributed by atoms with van der Waals surface area (Å²) in [6.45, 7) is 0.524. The van der Waals surface area contributed by atoms with Crippen LogP contribution in [0, 0.1) is 22.7 Å². The van der Waals surface area contributed by atoms with Crippen molar-refractivity contribution in [1.82, 2.24) is 0 Å². The topological polar surface area (TPSA) is 84.0 Å². The molecular formula is C21H18ClN5S. The molecule has 0 aliphatic carbocycles. The van der Waals surface area contributed by atoms with Gasteiger partial charge in [0.2, 0.25) is 0 Å². The molecule has 2 N–H and O–H groups in total. The molecule has 2 aliphatic heterocycles. The van der Waals surface area contributed by atoms with Crippen LogP contribution >= 0.6 is 23.4 Å². The highest BCUT2D eigenvalue weighted by Gasteiger charge is 2.41. The van der Waals surface area contributed by atoms with E-state index < -0.39 is 0 Å². The molecule has 0 unspecified atom stereocenters. The van der Waals surface area contributed by atoms with E-state index in [0.717, 1.165) is 47.1 Å². The Hall–Kier alpha value is -2.67. The molecule has 28 heavy (non-hydrogen) atoms. The number of benzene rings is 2. The molecule has 0 atom stereocenters. The summed E-state index contributed by atoms with van der Waals surface area (Å²) >= 11 is 8.04. The van der Waals surface area contributed by atoms with E-state index in [1.807, 2.05) is 36.0 Å². The van der Waals surface area contributed by atoms with Gasteiger partial charge in [-0.05, 0) is 54.2 Å². The van der Waals surface area contributed by atoms with Gasteiger partial charge < -0.3 is 10.6 Å². The zero-order valence-corrected chi connectivity index (χ0v) is 16.7. The van der Waals surface area contributed by atoms with E-state index in [4.69, 9.17) is 16.6 Å². The molecule has 140 valence electrons. The summed E-state index contributed by atoms with van der Waals surface area (Å²) in [5.74, 6) is 2.97. The quantitative estimate of drug-likeness (QED) is 0.747. The third kappa shape index (κ3) is 3.54. The van der Waals surface area contributed by atoms with Crippen molar-refractivity contribution in [3.8, 4) is 12.1 Å². The summed E-state index contributed by atoms with van der Waals surface area (Å²) in [7, 11) is 0. The largest absolute Gasteiger partial charge is 0.371 e. The number of nitrogens with one attached hydrogen (secondary N) is 2. The average Bonchev–Trinajstić information content (AvgIpc) is 2.72. The van der Waals surface area contributed by atoms with Gasteiger partial charge in [0.1, 0.15) is 18.0 Å². The van der Waals surface area contributed by atoms with Crippen LogP contribution < -0.4 is 10.6 Å². The number of anilines is 2. The molecule has 1 fully saturated rings. The number of halogens is 1. The summed E-state index contributed by atoms with van der Waals surface area (Å²) in [4.78, 5) is 4.90. The molecule has 0 saturated carbocycles. The summed E-state index contributed by atoms with van der Waals surface area (Å²) in [6.07, 6.45) is 1.89. The van der Waals surface area contributed by atoms with Gasteiger partial charge in [0.25, 0.3) is 0 Å². The number of fused-ring (bicyclic) bond motifs is 1. The zero-order chi connectivity index (χ0) is 19.6. The summed E-state index contributed by atoms with van der Waals surface area (Å²) in [5.41, 5.74) is 3.14. The predicted molar refractivity (Wildman–Crippen MR) is 115 cm³/mol. The lowest BCUT2D eigenvalue weighted by molar-refractivity contribution is 0.559. The van der Waals surface area contributed by atoms with E-state index in [-0.39, 0.29) is 5.54 Å². The fourth-order valence-electron chi connectivity index (χ4n) is 3.63. The Bertz CT molecular complexity index is 1030. The summed E-state index contributed by atoms with van der Waals surface area (Å²) in [6, 6.07) is 15.4. The Morgan fingerprint density at radius 2 is 1.79 bits per heavy atom. The minimum absolute atomic E-state index is 0.280. The van der Waals surface area contributed by atoms with Crippen molar-refractivity contribution >= 4 is 40.6 Å². The van der Waals surface area contributed by atoms with Gasteiger partial charge >= 0.3 is 0 Å². The zero-order valence-electron chi connectivity index (χ0n) is 15.1. The van der Waals surface area contributed by atoms with Crippen molar-refractivity contribution in [2.24, 2.45) is 4.99 Å². The van der Waals surface area contributed by atoms with E-state index in [2.05, 4.69) is 22.8 Å². The Kier molecular flexibility index (Phi) is 5.17. The number of nitriles is 2. The van der Waals surface area contributed by atoms with Crippen LogP contribution in [-0.4, -0.2) is 22.9 Å². The number of thioether (sulfide) groups is 1. The van der Waals surface area contributed by atoms with Gasteiger partial charge in [0.05, 0.1) is 34.6 Å². The number of rotatable bonds is 2. The smallest absolute Gasteiger partial charge is 0.127 e. The molecule has 5 nitrogen and oxygen atoms in total. The Balaban J connectivity index is 1.73. The van der Waals surface area contributed by atoms with Crippen LogP contribution in [0.2, 0.25) is 5.02 Å². The molecule has 2 aromatic carbocycles. The van der Waals surface area contributed by atoms with Gasteiger partial charge in [-0.3, -0.25) is 4.99 Å². The van der Waals surface area contributed by atoms with E-state index in [1.54, 1.807) is 12.1 Å². The van der Waals surface area contributed by atoms with Crippen molar-refractivity contribution in [3.63, 3.8) is 0 Å².